The van der Waals surface area contributed by atoms with Crippen molar-refractivity contribution >= 4 is 11.4 Å². The highest BCUT2D eigenvalue weighted by atomic mass is 16.6. The van der Waals surface area contributed by atoms with Gasteiger partial charge < -0.3 is 10.5 Å². The molecule has 0 fully saturated rings. The Morgan fingerprint density at radius 1 is 1.17 bits per heavy atom. The van der Waals surface area contributed by atoms with Gasteiger partial charge in [0.1, 0.15) is 5.75 Å². The number of nitrogen functional groups attached to an aromatic ring is 1. The summed E-state index contributed by atoms with van der Waals surface area (Å²) in [5.41, 5.74) is 7.52. The molecular formula is C13H12N2O3. The van der Waals surface area contributed by atoms with Crippen molar-refractivity contribution in [2.75, 3.05) is 12.8 Å². The largest absolute Gasteiger partial charge is 0.497 e. The number of nitrogens with two attached hydrogens (primary N) is 1. The van der Waals surface area contributed by atoms with Gasteiger partial charge in [-0.05, 0) is 29.8 Å². The van der Waals surface area contributed by atoms with E-state index >= 15 is 0 Å². The second-order valence-corrected chi connectivity index (χ2v) is 3.76. The van der Waals surface area contributed by atoms with Crippen LogP contribution in [0.5, 0.6) is 5.75 Å². The van der Waals surface area contributed by atoms with E-state index in [4.69, 9.17) is 10.5 Å². The highest BCUT2D eigenvalue weighted by molar-refractivity contribution is 5.75. The molecule has 0 heterocycles. The summed E-state index contributed by atoms with van der Waals surface area (Å²) in [7, 11) is 1.47. The Labute approximate surface area is 104 Å². The molecule has 5 nitrogen and oxygen atoms in total. The molecule has 0 aliphatic rings. The van der Waals surface area contributed by atoms with E-state index in [9.17, 15) is 10.1 Å². The smallest absolute Gasteiger partial charge is 0.280 e. The lowest BCUT2D eigenvalue weighted by molar-refractivity contribution is -0.384. The molecule has 0 saturated heterocycles. The summed E-state index contributed by atoms with van der Waals surface area (Å²) in [5, 5.41) is 11.1. The van der Waals surface area contributed by atoms with Crippen LogP contribution in [0.25, 0.3) is 11.1 Å². The van der Waals surface area contributed by atoms with Crippen LogP contribution in [0.3, 0.4) is 0 Å². The van der Waals surface area contributed by atoms with Crippen LogP contribution in [0.2, 0.25) is 0 Å². The van der Waals surface area contributed by atoms with Gasteiger partial charge in [0.25, 0.3) is 5.69 Å². The average molecular weight is 244 g/mol. The van der Waals surface area contributed by atoms with Crippen LogP contribution in [0.1, 0.15) is 0 Å². The number of methoxy groups -OCH3 is 1. The summed E-state index contributed by atoms with van der Waals surface area (Å²) >= 11 is 0. The Kier molecular flexibility index (Phi) is 3.14. The van der Waals surface area contributed by atoms with E-state index in [-0.39, 0.29) is 5.69 Å². The molecule has 18 heavy (non-hydrogen) atoms. The van der Waals surface area contributed by atoms with E-state index in [0.29, 0.717) is 17.0 Å². The van der Waals surface area contributed by atoms with Crippen molar-refractivity contribution in [1.29, 1.82) is 0 Å². The maximum Gasteiger partial charge on any atom is 0.280 e. The Morgan fingerprint density at radius 3 is 2.39 bits per heavy atom. The van der Waals surface area contributed by atoms with Gasteiger partial charge >= 0.3 is 0 Å². The topological polar surface area (TPSA) is 78.4 Å². The Hall–Kier alpha value is -2.56. The van der Waals surface area contributed by atoms with Crippen LogP contribution in [0.15, 0.2) is 42.5 Å². The molecule has 2 N–H and O–H groups in total. The average Bonchev–Trinajstić information content (AvgIpc) is 2.39. The Balaban J connectivity index is 2.56. The summed E-state index contributed by atoms with van der Waals surface area (Å²) in [5.74, 6) is 0.459. The highest BCUT2D eigenvalue weighted by Gasteiger charge is 2.16. The fourth-order valence-electron chi connectivity index (χ4n) is 1.70. The van der Waals surface area contributed by atoms with E-state index in [0.717, 1.165) is 5.56 Å². The predicted octanol–water partition coefficient (Wildman–Crippen LogP) is 2.85. The summed E-state index contributed by atoms with van der Waals surface area (Å²) in [6.45, 7) is 0. The molecular weight excluding hydrogens is 232 g/mol. The number of ether oxygens (including phenoxy) is 1. The molecule has 0 bridgehead atoms. The van der Waals surface area contributed by atoms with Gasteiger partial charge in [-0.25, -0.2) is 0 Å². The zero-order valence-electron chi connectivity index (χ0n) is 9.79. The number of nitro benzene ring substituents is 1. The number of hydrogen-bond donors (Lipinski definition) is 1. The molecule has 2 aromatic rings. The molecule has 0 unspecified atom stereocenters. The zero-order chi connectivity index (χ0) is 13.1. The summed E-state index contributed by atoms with van der Waals surface area (Å²) < 4.78 is 4.99. The van der Waals surface area contributed by atoms with Gasteiger partial charge in [0.05, 0.1) is 23.7 Å². The van der Waals surface area contributed by atoms with E-state index in [1.54, 1.807) is 36.4 Å². The lowest BCUT2D eigenvalue weighted by Crippen LogP contribution is -1.94. The van der Waals surface area contributed by atoms with Crippen molar-refractivity contribution < 1.29 is 9.66 Å². The van der Waals surface area contributed by atoms with Crippen molar-refractivity contribution in [3.63, 3.8) is 0 Å². The normalized spacial score (nSPS) is 10.1. The second-order valence-electron chi connectivity index (χ2n) is 3.76. The number of nitrogens with zero attached hydrogens (tertiary/aromatic N) is 1. The molecule has 5 heteroatoms. The minimum absolute atomic E-state index is 0.0131. The Morgan fingerprint density at radius 2 is 1.83 bits per heavy atom. The first kappa shape index (κ1) is 11.9. The standard InChI is InChI=1S/C13H12N2O3/c1-18-11-6-7-12(13(8-11)15(16)17)9-2-4-10(14)5-3-9/h2-8H,14H2,1H3. The number of hydrogen-bond acceptors (Lipinski definition) is 4. The van der Waals surface area contributed by atoms with Gasteiger partial charge in [0, 0.05) is 5.69 Å². The quantitative estimate of drug-likeness (QED) is 0.511. The maximum absolute atomic E-state index is 11.1. The predicted molar refractivity (Wildman–Crippen MR) is 69.5 cm³/mol. The fourth-order valence-corrected chi connectivity index (χ4v) is 1.70. The van der Waals surface area contributed by atoms with Crippen molar-refractivity contribution in [3.05, 3.63) is 52.6 Å². The maximum atomic E-state index is 11.1. The van der Waals surface area contributed by atoms with Crippen LogP contribution >= 0.6 is 0 Å². The van der Waals surface area contributed by atoms with Crippen LogP contribution in [0.4, 0.5) is 11.4 Å². The molecule has 2 aromatic carbocycles. The molecule has 92 valence electrons. The summed E-state index contributed by atoms with van der Waals surface area (Å²) in [6.07, 6.45) is 0. The Bertz CT molecular complexity index is 579. The van der Waals surface area contributed by atoms with E-state index in [1.807, 2.05) is 0 Å². The van der Waals surface area contributed by atoms with Crippen molar-refractivity contribution in [2.45, 2.75) is 0 Å². The minimum atomic E-state index is -0.422. The van der Waals surface area contributed by atoms with Crippen LogP contribution in [-0.2, 0) is 0 Å². The minimum Gasteiger partial charge on any atom is -0.497 e. The second kappa shape index (κ2) is 4.75. The molecule has 0 aliphatic heterocycles. The van der Waals surface area contributed by atoms with E-state index < -0.39 is 4.92 Å². The lowest BCUT2D eigenvalue weighted by Gasteiger charge is -2.06. The van der Waals surface area contributed by atoms with Gasteiger partial charge in [-0.2, -0.15) is 0 Å². The molecule has 0 saturated carbocycles. The van der Waals surface area contributed by atoms with E-state index in [2.05, 4.69) is 0 Å². The van der Waals surface area contributed by atoms with Crippen molar-refractivity contribution in [1.82, 2.24) is 0 Å². The number of benzene rings is 2. The molecule has 2 rings (SSSR count). The third-order valence-electron chi connectivity index (χ3n) is 2.62. The lowest BCUT2D eigenvalue weighted by atomic mass is 10.0. The molecule has 0 radical (unpaired) electrons. The molecule has 0 amide bonds. The van der Waals surface area contributed by atoms with E-state index in [1.165, 1.54) is 13.2 Å². The van der Waals surface area contributed by atoms with Gasteiger partial charge in [-0.15, -0.1) is 0 Å². The van der Waals surface area contributed by atoms with Gasteiger partial charge in [0.15, 0.2) is 0 Å². The number of nitro groups is 1. The first-order valence-electron chi connectivity index (χ1n) is 5.30. The van der Waals surface area contributed by atoms with Crippen molar-refractivity contribution in [2.24, 2.45) is 0 Å². The molecule has 0 aliphatic carbocycles. The summed E-state index contributed by atoms with van der Waals surface area (Å²) in [6, 6.07) is 11.7. The van der Waals surface area contributed by atoms with Crippen LogP contribution in [0, 0.1) is 10.1 Å². The molecule has 0 atom stereocenters. The van der Waals surface area contributed by atoms with Gasteiger partial charge in [0.2, 0.25) is 0 Å². The van der Waals surface area contributed by atoms with Gasteiger partial charge in [-0.1, -0.05) is 12.1 Å². The SMILES string of the molecule is COc1ccc(-c2ccc(N)cc2)c([N+](=O)[O-])c1. The third-order valence-corrected chi connectivity index (χ3v) is 2.62. The van der Waals surface area contributed by atoms with Crippen LogP contribution in [-0.4, -0.2) is 12.0 Å². The number of anilines is 1. The first-order chi connectivity index (χ1) is 8.61. The molecule has 0 aromatic heterocycles. The summed E-state index contributed by atoms with van der Waals surface area (Å²) in [4.78, 5) is 10.6. The van der Waals surface area contributed by atoms with Gasteiger partial charge in [-0.3, -0.25) is 10.1 Å². The zero-order valence-corrected chi connectivity index (χ0v) is 9.79. The highest BCUT2D eigenvalue weighted by Crippen LogP contribution is 2.33. The molecule has 0 spiro atoms. The van der Waals surface area contributed by atoms with Crippen LogP contribution < -0.4 is 10.5 Å². The number of rotatable bonds is 3. The fraction of sp³-hybridized carbons (Fsp3) is 0.0769. The monoisotopic (exact) mass is 244 g/mol. The van der Waals surface area contributed by atoms with Crippen molar-refractivity contribution in [3.8, 4) is 16.9 Å². The first-order valence-corrected chi connectivity index (χ1v) is 5.30. The third kappa shape index (κ3) is 2.24.